The molecule has 1 fully saturated rings. The predicted molar refractivity (Wildman–Crippen MR) is 64.3 cm³/mol. The second-order valence-electron chi connectivity index (χ2n) is 5.48. The Morgan fingerprint density at radius 2 is 2.38 bits per heavy atom. The zero-order valence-electron chi connectivity index (χ0n) is 10.5. The standard InChI is InChI=1S/C13H22N2O/c1-4-15-11(7-10(2)14-15)8-13(3)6-5-12(16)9-13/h7,12,16H,4-6,8-9H2,1-3H3. The molecule has 0 bridgehead atoms. The zero-order valence-corrected chi connectivity index (χ0v) is 10.5. The molecule has 2 rings (SSSR count). The molecule has 1 aliphatic carbocycles. The number of aliphatic hydroxyl groups excluding tert-OH is 1. The van der Waals surface area contributed by atoms with E-state index in [1.54, 1.807) is 0 Å². The highest BCUT2D eigenvalue weighted by Gasteiger charge is 2.34. The topological polar surface area (TPSA) is 38.0 Å². The smallest absolute Gasteiger partial charge is 0.0596 e. The summed E-state index contributed by atoms with van der Waals surface area (Å²) in [6.07, 6.45) is 3.96. The predicted octanol–water partition coefficient (Wildman–Crippen LogP) is 2.31. The molecule has 1 aromatic rings. The molecule has 0 saturated heterocycles. The molecule has 16 heavy (non-hydrogen) atoms. The largest absolute Gasteiger partial charge is 0.393 e. The van der Waals surface area contributed by atoms with Crippen molar-refractivity contribution in [1.29, 1.82) is 0 Å². The van der Waals surface area contributed by atoms with Crippen molar-refractivity contribution in [3.8, 4) is 0 Å². The van der Waals surface area contributed by atoms with Crippen LogP contribution in [0.25, 0.3) is 0 Å². The van der Waals surface area contributed by atoms with Crippen LogP contribution in [0, 0.1) is 12.3 Å². The SMILES string of the molecule is CCn1nc(C)cc1CC1(C)CCC(O)C1. The Balaban J connectivity index is 2.14. The minimum absolute atomic E-state index is 0.0934. The maximum Gasteiger partial charge on any atom is 0.0596 e. The summed E-state index contributed by atoms with van der Waals surface area (Å²) in [5, 5.41) is 14.1. The number of rotatable bonds is 3. The van der Waals surface area contributed by atoms with E-state index in [4.69, 9.17) is 0 Å². The van der Waals surface area contributed by atoms with Crippen LogP contribution >= 0.6 is 0 Å². The van der Waals surface area contributed by atoms with Gasteiger partial charge in [0.1, 0.15) is 0 Å². The first kappa shape index (κ1) is 11.6. The average molecular weight is 222 g/mol. The number of nitrogens with zero attached hydrogens (tertiary/aromatic N) is 2. The van der Waals surface area contributed by atoms with Crippen LogP contribution in [0.4, 0.5) is 0 Å². The van der Waals surface area contributed by atoms with Crippen molar-refractivity contribution < 1.29 is 5.11 Å². The fourth-order valence-corrected chi connectivity index (χ4v) is 2.90. The summed E-state index contributed by atoms with van der Waals surface area (Å²) in [5.74, 6) is 0. The molecule has 3 nitrogen and oxygen atoms in total. The highest BCUT2D eigenvalue weighted by atomic mass is 16.3. The van der Waals surface area contributed by atoms with E-state index in [-0.39, 0.29) is 11.5 Å². The monoisotopic (exact) mass is 222 g/mol. The molecule has 1 N–H and O–H groups in total. The van der Waals surface area contributed by atoms with Gasteiger partial charge in [-0.05, 0) is 51.0 Å². The molecule has 1 saturated carbocycles. The lowest BCUT2D eigenvalue weighted by atomic mass is 9.83. The molecule has 1 aliphatic rings. The van der Waals surface area contributed by atoms with E-state index in [1.165, 1.54) is 5.69 Å². The van der Waals surface area contributed by atoms with Crippen LogP contribution in [0.15, 0.2) is 6.07 Å². The molecule has 2 unspecified atom stereocenters. The van der Waals surface area contributed by atoms with Gasteiger partial charge in [0.15, 0.2) is 0 Å². The van der Waals surface area contributed by atoms with Crippen LogP contribution in [0.2, 0.25) is 0 Å². The van der Waals surface area contributed by atoms with Crippen molar-refractivity contribution in [2.45, 2.75) is 59.1 Å². The number of aliphatic hydroxyl groups is 1. The Morgan fingerprint density at radius 3 is 2.94 bits per heavy atom. The Labute approximate surface area is 97.5 Å². The molecule has 0 spiro atoms. The number of aryl methyl sites for hydroxylation is 2. The average Bonchev–Trinajstić information content (AvgIpc) is 2.70. The molecule has 0 aliphatic heterocycles. The summed E-state index contributed by atoms with van der Waals surface area (Å²) in [6, 6.07) is 2.18. The van der Waals surface area contributed by atoms with Gasteiger partial charge in [0.2, 0.25) is 0 Å². The Bertz CT molecular complexity index is 372. The minimum atomic E-state index is -0.0934. The van der Waals surface area contributed by atoms with Gasteiger partial charge in [0, 0.05) is 12.2 Å². The minimum Gasteiger partial charge on any atom is -0.393 e. The molecule has 0 radical (unpaired) electrons. The lowest BCUT2D eigenvalue weighted by Crippen LogP contribution is -2.19. The first-order valence-corrected chi connectivity index (χ1v) is 6.24. The molecule has 2 atom stereocenters. The van der Waals surface area contributed by atoms with Gasteiger partial charge in [-0.25, -0.2) is 0 Å². The fourth-order valence-electron chi connectivity index (χ4n) is 2.90. The zero-order chi connectivity index (χ0) is 11.8. The highest BCUT2D eigenvalue weighted by molar-refractivity contribution is 5.12. The normalized spacial score (nSPS) is 29.9. The molecule has 90 valence electrons. The summed E-state index contributed by atoms with van der Waals surface area (Å²) in [5.41, 5.74) is 2.68. The van der Waals surface area contributed by atoms with Gasteiger partial charge >= 0.3 is 0 Å². The second-order valence-corrected chi connectivity index (χ2v) is 5.48. The van der Waals surface area contributed by atoms with Gasteiger partial charge in [-0.1, -0.05) is 6.92 Å². The molecular weight excluding hydrogens is 200 g/mol. The summed E-state index contributed by atoms with van der Waals surface area (Å²) in [4.78, 5) is 0. The molecule has 1 aromatic heterocycles. The van der Waals surface area contributed by atoms with Gasteiger partial charge in [-0.2, -0.15) is 5.10 Å². The van der Waals surface area contributed by atoms with E-state index < -0.39 is 0 Å². The van der Waals surface area contributed by atoms with E-state index >= 15 is 0 Å². The van der Waals surface area contributed by atoms with Crippen molar-refractivity contribution in [1.82, 2.24) is 9.78 Å². The van der Waals surface area contributed by atoms with Crippen molar-refractivity contribution in [3.63, 3.8) is 0 Å². The lowest BCUT2D eigenvalue weighted by Gasteiger charge is -2.23. The number of hydrogen-bond acceptors (Lipinski definition) is 2. The Hall–Kier alpha value is -0.830. The van der Waals surface area contributed by atoms with Gasteiger partial charge in [-0.3, -0.25) is 4.68 Å². The van der Waals surface area contributed by atoms with Gasteiger partial charge in [0.25, 0.3) is 0 Å². The summed E-state index contributed by atoms with van der Waals surface area (Å²) in [6.45, 7) is 7.39. The van der Waals surface area contributed by atoms with Crippen molar-refractivity contribution in [3.05, 3.63) is 17.5 Å². The van der Waals surface area contributed by atoms with Crippen molar-refractivity contribution in [2.24, 2.45) is 5.41 Å². The maximum absolute atomic E-state index is 9.65. The first-order valence-electron chi connectivity index (χ1n) is 6.24. The molecule has 3 heteroatoms. The molecular formula is C13H22N2O. The first-order chi connectivity index (χ1) is 7.52. The van der Waals surface area contributed by atoms with Crippen LogP contribution < -0.4 is 0 Å². The quantitative estimate of drug-likeness (QED) is 0.852. The van der Waals surface area contributed by atoms with Gasteiger partial charge in [0.05, 0.1) is 11.8 Å². The van der Waals surface area contributed by atoms with E-state index in [9.17, 15) is 5.11 Å². The maximum atomic E-state index is 9.65. The molecule has 1 heterocycles. The summed E-state index contributed by atoms with van der Waals surface area (Å²) < 4.78 is 2.09. The third kappa shape index (κ3) is 2.29. The summed E-state index contributed by atoms with van der Waals surface area (Å²) in [7, 11) is 0. The van der Waals surface area contributed by atoms with E-state index in [0.717, 1.165) is 37.9 Å². The second kappa shape index (κ2) is 4.21. The Kier molecular flexibility index (Phi) is 3.06. The van der Waals surface area contributed by atoms with E-state index in [2.05, 4.69) is 29.7 Å². The van der Waals surface area contributed by atoms with Crippen molar-refractivity contribution in [2.75, 3.05) is 0 Å². The third-order valence-electron chi connectivity index (χ3n) is 3.70. The van der Waals surface area contributed by atoms with E-state index in [1.807, 2.05) is 6.92 Å². The highest BCUT2D eigenvalue weighted by Crippen LogP contribution is 2.40. The van der Waals surface area contributed by atoms with Crippen LogP contribution in [0.5, 0.6) is 0 Å². The lowest BCUT2D eigenvalue weighted by molar-refractivity contribution is 0.163. The van der Waals surface area contributed by atoms with Crippen LogP contribution in [0.3, 0.4) is 0 Å². The third-order valence-corrected chi connectivity index (χ3v) is 3.70. The van der Waals surface area contributed by atoms with Crippen LogP contribution in [-0.4, -0.2) is 21.0 Å². The fraction of sp³-hybridized carbons (Fsp3) is 0.769. The van der Waals surface area contributed by atoms with Crippen LogP contribution in [0.1, 0.15) is 44.5 Å². The summed E-state index contributed by atoms with van der Waals surface area (Å²) >= 11 is 0. The van der Waals surface area contributed by atoms with Gasteiger partial charge < -0.3 is 5.11 Å². The van der Waals surface area contributed by atoms with E-state index in [0.29, 0.717) is 0 Å². The molecule has 0 aromatic carbocycles. The number of aromatic nitrogens is 2. The van der Waals surface area contributed by atoms with Crippen LogP contribution in [-0.2, 0) is 13.0 Å². The number of hydrogen-bond donors (Lipinski definition) is 1. The Morgan fingerprint density at radius 1 is 1.62 bits per heavy atom. The van der Waals surface area contributed by atoms with Crippen molar-refractivity contribution >= 4 is 0 Å². The molecule has 0 amide bonds. The van der Waals surface area contributed by atoms with Gasteiger partial charge in [-0.15, -0.1) is 0 Å².